The monoisotopic (exact) mass is 257 g/mol. The van der Waals surface area contributed by atoms with E-state index in [1.54, 1.807) is 0 Å². The van der Waals surface area contributed by atoms with E-state index in [4.69, 9.17) is 4.74 Å². The number of hydrogen-bond acceptors (Lipinski definition) is 3. The molecule has 3 heteroatoms. The summed E-state index contributed by atoms with van der Waals surface area (Å²) in [6.07, 6.45) is 4.91. The van der Waals surface area contributed by atoms with Gasteiger partial charge >= 0.3 is 0 Å². The highest BCUT2D eigenvalue weighted by atomic mass is 16.5. The lowest BCUT2D eigenvalue weighted by Crippen LogP contribution is -2.39. The molecule has 1 fully saturated rings. The van der Waals surface area contributed by atoms with Crippen LogP contribution < -0.4 is 5.32 Å². The van der Waals surface area contributed by atoms with Gasteiger partial charge in [0.2, 0.25) is 0 Å². The maximum atomic E-state index is 9.86. The van der Waals surface area contributed by atoms with Gasteiger partial charge in [-0.3, -0.25) is 0 Å². The SMILES string of the molecule is CC(C)C(C)(C)CNCC(O)COC1CCCC1. The van der Waals surface area contributed by atoms with Crippen molar-refractivity contribution in [1.29, 1.82) is 0 Å². The molecule has 0 aromatic carbocycles. The van der Waals surface area contributed by atoms with Gasteiger partial charge in [0.05, 0.1) is 18.8 Å². The molecule has 1 aliphatic rings. The summed E-state index contributed by atoms with van der Waals surface area (Å²) in [6.45, 7) is 11.0. The molecule has 18 heavy (non-hydrogen) atoms. The molecule has 0 amide bonds. The van der Waals surface area contributed by atoms with Gasteiger partial charge in [0.1, 0.15) is 0 Å². The van der Waals surface area contributed by atoms with Gasteiger partial charge in [-0.2, -0.15) is 0 Å². The second-order valence-electron chi connectivity index (χ2n) is 6.67. The normalized spacial score (nSPS) is 19.7. The molecule has 2 N–H and O–H groups in total. The number of nitrogens with one attached hydrogen (secondary N) is 1. The zero-order chi connectivity index (χ0) is 13.6. The average molecular weight is 257 g/mol. The molecule has 1 saturated carbocycles. The number of ether oxygens (including phenoxy) is 1. The first kappa shape index (κ1) is 15.9. The predicted octanol–water partition coefficient (Wildman–Crippen LogP) is 2.58. The van der Waals surface area contributed by atoms with Crippen LogP contribution in [0.2, 0.25) is 0 Å². The summed E-state index contributed by atoms with van der Waals surface area (Å²) in [5, 5.41) is 13.2. The Morgan fingerprint density at radius 2 is 1.89 bits per heavy atom. The van der Waals surface area contributed by atoms with E-state index in [0.29, 0.717) is 25.2 Å². The van der Waals surface area contributed by atoms with E-state index >= 15 is 0 Å². The second-order valence-corrected chi connectivity index (χ2v) is 6.67. The van der Waals surface area contributed by atoms with Crippen LogP contribution in [0.5, 0.6) is 0 Å². The quantitative estimate of drug-likeness (QED) is 0.702. The first-order valence-corrected chi connectivity index (χ1v) is 7.42. The third kappa shape index (κ3) is 5.68. The fraction of sp³-hybridized carbons (Fsp3) is 1.00. The Morgan fingerprint density at radius 1 is 1.28 bits per heavy atom. The Bertz CT molecular complexity index is 223. The second kappa shape index (κ2) is 7.46. The Hall–Kier alpha value is -0.120. The van der Waals surface area contributed by atoms with Crippen LogP contribution in [0.1, 0.15) is 53.4 Å². The third-order valence-electron chi connectivity index (χ3n) is 4.35. The van der Waals surface area contributed by atoms with Crippen LogP contribution in [0.4, 0.5) is 0 Å². The zero-order valence-corrected chi connectivity index (χ0v) is 12.5. The van der Waals surface area contributed by atoms with Crippen LogP contribution in [0, 0.1) is 11.3 Å². The van der Waals surface area contributed by atoms with Gasteiger partial charge in [0.25, 0.3) is 0 Å². The van der Waals surface area contributed by atoms with Crippen LogP contribution in [-0.2, 0) is 4.74 Å². The molecule has 0 saturated heterocycles. The molecule has 0 radical (unpaired) electrons. The Morgan fingerprint density at radius 3 is 2.44 bits per heavy atom. The minimum Gasteiger partial charge on any atom is -0.389 e. The lowest BCUT2D eigenvalue weighted by atomic mass is 9.81. The van der Waals surface area contributed by atoms with Gasteiger partial charge in [-0.25, -0.2) is 0 Å². The van der Waals surface area contributed by atoms with Crippen LogP contribution in [0.25, 0.3) is 0 Å². The minimum absolute atomic E-state index is 0.270. The van der Waals surface area contributed by atoms with E-state index in [1.165, 1.54) is 25.7 Å². The molecule has 3 nitrogen and oxygen atoms in total. The average Bonchev–Trinajstić information content (AvgIpc) is 2.78. The molecule has 108 valence electrons. The Balaban J connectivity index is 2.07. The topological polar surface area (TPSA) is 41.5 Å². The number of hydrogen-bond donors (Lipinski definition) is 2. The molecule has 1 unspecified atom stereocenters. The van der Waals surface area contributed by atoms with Crippen molar-refractivity contribution in [3.05, 3.63) is 0 Å². The molecular formula is C15H31NO2. The van der Waals surface area contributed by atoms with Crippen molar-refractivity contribution in [2.45, 2.75) is 65.6 Å². The molecule has 0 bridgehead atoms. The van der Waals surface area contributed by atoms with Crippen molar-refractivity contribution in [3.8, 4) is 0 Å². The smallest absolute Gasteiger partial charge is 0.0897 e. The van der Waals surface area contributed by atoms with Crippen LogP contribution in [0.15, 0.2) is 0 Å². The highest BCUT2D eigenvalue weighted by Gasteiger charge is 2.22. The summed E-state index contributed by atoms with van der Waals surface area (Å²) >= 11 is 0. The molecular weight excluding hydrogens is 226 g/mol. The maximum Gasteiger partial charge on any atom is 0.0897 e. The maximum absolute atomic E-state index is 9.86. The first-order valence-electron chi connectivity index (χ1n) is 7.42. The fourth-order valence-electron chi connectivity index (χ4n) is 2.13. The molecule has 1 aliphatic carbocycles. The third-order valence-corrected chi connectivity index (χ3v) is 4.35. The van der Waals surface area contributed by atoms with E-state index < -0.39 is 0 Å². The van der Waals surface area contributed by atoms with Crippen molar-refractivity contribution >= 4 is 0 Å². The summed E-state index contributed by atoms with van der Waals surface area (Å²) in [6, 6.07) is 0. The van der Waals surface area contributed by atoms with Crippen molar-refractivity contribution in [1.82, 2.24) is 5.32 Å². The summed E-state index contributed by atoms with van der Waals surface area (Å²) in [5.74, 6) is 0.636. The van der Waals surface area contributed by atoms with Gasteiger partial charge in [0, 0.05) is 13.1 Å². The van der Waals surface area contributed by atoms with Crippen LogP contribution in [-0.4, -0.2) is 37.0 Å². The van der Waals surface area contributed by atoms with Gasteiger partial charge in [-0.05, 0) is 24.2 Å². The number of rotatable bonds is 8. The largest absolute Gasteiger partial charge is 0.389 e. The molecule has 0 aliphatic heterocycles. The zero-order valence-electron chi connectivity index (χ0n) is 12.5. The molecule has 0 heterocycles. The minimum atomic E-state index is -0.381. The molecule has 1 rings (SSSR count). The lowest BCUT2D eigenvalue weighted by molar-refractivity contribution is -0.00628. The van der Waals surface area contributed by atoms with Crippen molar-refractivity contribution < 1.29 is 9.84 Å². The summed E-state index contributed by atoms with van der Waals surface area (Å²) in [4.78, 5) is 0. The summed E-state index contributed by atoms with van der Waals surface area (Å²) in [5.41, 5.74) is 0.270. The van der Waals surface area contributed by atoms with Gasteiger partial charge in [-0.1, -0.05) is 40.5 Å². The standard InChI is InChI=1S/C15H31NO2/c1-12(2)15(3,4)11-16-9-13(17)10-18-14-7-5-6-8-14/h12-14,16-17H,5-11H2,1-4H3. The summed E-state index contributed by atoms with van der Waals surface area (Å²) in [7, 11) is 0. The molecule has 0 aromatic heterocycles. The Kier molecular flexibility index (Phi) is 6.61. The first-order chi connectivity index (χ1) is 8.42. The molecule has 0 spiro atoms. The van der Waals surface area contributed by atoms with E-state index in [2.05, 4.69) is 33.0 Å². The van der Waals surface area contributed by atoms with Crippen molar-refractivity contribution in [2.24, 2.45) is 11.3 Å². The number of aliphatic hydroxyl groups excluding tert-OH is 1. The van der Waals surface area contributed by atoms with Crippen LogP contribution in [0.3, 0.4) is 0 Å². The highest BCUT2D eigenvalue weighted by Crippen LogP contribution is 2.24. The van der Waals surface area contributed by atoms with Crippen molar-refractivity contribution in [3.63, 3.8) is 0 Å². The van der Waals surface area contributed by atoms with Gasteiger partial charge in [0.15, 0.2) is 0 Å². The van der Waals surface area contributed by atoms with Crippen LogP contribution >= 0.6 is 0 Å². The van der Waals surface area contributed by atoms with E-state index in [-0.39, 0.29) is 11.5 Å². The van der Waals surface area contributed by atoms with Gasteiger partial charge in [-0.15, -0.1) is 0 Å². The van der Waals surface area contributed by atoms with E-state index in [9.17, 15) is 5.11 Å². The Labute approximate surface area is 112 Å². The van der Waals surface area contributed by atoms with Crippen molar-refractivity contribution in [2.75, 3.05) is 19.7 Å². The van der Waals surface area contributed by atoms with Gasteiger partial charge < -0.3 is 15.2 Å². The molecule has 1 atom stereocenters. The van der Waals surface area contributed by atoms with E-state index in [1.807, 2.05) is 0 Å². The lowest BCUT2D eigenvalue weighted by Gasteiger charge is -2.30. The highest BCUT2D eigenvalue weighted by molar-refractivity contribution is 4.76. The van der Waals surface area contributed by atoms with E-state index in [0.717, 1.165) is 6.54 Å². The summed E-state index contributed by atoms with van der Waals surface area (Å²) < 4.78 is 5.70. The predicted molar refractivity (Wildman–Crippen MR) is 75.7 cm³/mol. The molecule has 0 aromatic rings. The fourth-order valence-corrected chi connectivity index (χ4v) is 2.13. The number of aliphatic hydroxyl groups is 1.